The van der Waals surface area contributed by atoms with Crippen molar-refractivity contribution >= 4 is 10.8 Å². The molecule has 0 radical (unpaired) electrons. The minimum atomic E-state index is -1.25. The number of nitrogens with zero attached hydrogens (tertiary/aromatic N) is 1. The van der Waals surface area contributed by atoms with Crippen molar-refractivity contribution in [1.82, 2.24) is 4.98 Å². The average Bonchev–Trinajstić information content (AvgIpc) is 2.60. The maximum absolute atomic E-state index is 11.0. The molecule has 2 aromatic carbocycles. The number of aliphatic hydroxyl groups is 1. The third-order valence-electron chi connectivity index (χ3n) is 3.76. The lowest BCUT2D eigenvalue weighted by molar-refractivity contribution is 0.0930. The van der Waals surface area contributed by atoms with Crippen molar-refractivity contribution in [2.75, 3.05) is 0 Å². The van der Waals surface area contributed by atoms with Crippen LogP contribution in [0.1, 0.15) is 24.6 Å². The fourth-order valence-electron chi connectivity index (χ4n) is 2.46. The molecular formula is C20H17NO. The lowest BCUT2D eigenvalue weighted by Crippen LogP contribution is -2.24. The molecule has 0 spiro atoms. The first-order chi connectivity index (χ1) is 10.7. The second-order valence-electron chi connectivity index (χ2n) is 5.21. The summed E-state index contributed by atoms with van der Waals surface area (Å²) in [6.45, 7) is 1.92. The van der Waals surface area contributed by atoms with Gasteiger partial charge < -0.3 is 5.11 Å². The molecule has 0 saturated carbocycles. The highest BCUT2D eigenvalue weighted by Crippen LogP contribution is 2.29. The average molecular weight is 287 g/mol. The Morgan fingerprint density at radius 2 is 1.73 bits per heavy atom. The first kappa shape index (κ1) is 14.3. The normalized spacial score (nSPS) is 13.2. The summed E-state index contributed by atoms with van der Waals surface area (Å²) in [7, 11) is 0. The Bertz CT molecular complexity index is 840. The van der Waals surface area contributed by atoms with Gasteiger partial charge in [-0.2, -0.15) is 0 Å². The van der Waals surface area contributed by atoms with Gasteiger partial charge in [-0.05, 0) is 30.0 Å². The van der Waals surface area contributed by atoms with Gasteiger partial charge in [-0.25, -0.2) is 0 Å². The van der Waals surface area contributed by atoms with Crippen molar-refractivity contribution in [2.45, 2.75) is 18.9 Å². The molecule has 0 unspecified atom stereocenters. The highest BCUT2D eigenvalue weighted by molar-refractivity contribution is 5.85. The van der Waals surface area contributed by atoms with E-state index in [4.69, 9.17) is 0 Å². The van der Waals surface area contributed by atoms with E-state index in [1.54, 1.807) is 6.20 Å². The van der Waals surface area contributed by atoms with Crippen LogP contribution in [-0.4, -0.2) is 10.1 Å². The molecule has 2 nitrogen and oxygen atoms in total. The predicted molar refractivity (Wildman–Crippen MR) is 89.3 cm³/mol. The number of rotatable bonds is 2. The number of benzene rings is 2. The molecule has 22 heavy (non-hydrogen) atoms. The van der Waals surface area contributed by atoms with Crippen molar-refractivity contribution in [2.24, 2.45) is 0 Å². The van der Waals surface area contributed by atoms with Crippen LogP contribution >= 0.6 is 0 Å². The Kier molecular flexibility index (Phi) is 3.91. The van der Waals surface area contributed by atoms with E-state index in [0.29, 0.717) is 12.1 Å². The van der Waals surface area contributed by atoms with Gasteiger partial charge in [0.2, 0.25) is 0 Å². The van der Waals surface area contributed by atoms with Gasteiger partial charge >= 0.3 is 0 Å². The number of aromatic nitrogens is 1. The zero-order valence-corrected chi connectivity index (χ0v) is 12.5. The highest BCUT2D eigenvalue weighted by Gasteiger charge is 2.28. The monoisotopic (exact) mass is 287 g/mol. The Morgan fingerprint density at radius 3 is 2.50 bits per heavy atom. The molecule has 0 fully saturated rings. The third kappa shape index (κ3) is 2.72. The van der Waals surface area contributed by atoms with E-state index in [1.165, 1.54) is 0 Å². The molecule has 1 aromatic heterocycles. The van der Waals surface area contributed by atoms with Crippen molar-refractivity contribution in [3.8, 4) is 11.8 Å². The zero-order chi connectivity index (χ0) is 15.4. The molecule has 0 amide bonds. The van der Waals surface area contributed by atoms with Crippen molar-refractivity contribution < 1.29 is 5.11 Å². The van der Waals surface area contributed by atoms with Gasteiger partial charge in [-0.1, -0.05) is 61.2 Å². The second kappa shape index (κ2) is 6.01. The molecule has 0 aliphatic heterocycles. The Hall–Kier alpha value is -2.63. The predicted octanol–water partition coefficient (Wildman–Crippen LogP) is 3.88. The summed E-state index contributed by atoms with van der Waals surface area (Å²) in [4.78, 5) is 4.41. The maximum Gasteiger partial charge on any atom is 0.168 e. The molecule has 108 valence electrons. The molecule has 1 heterocycles. The van der Waals surface area contributed by atoms with Crippen LogP contribution < -0.4 is 0 Å². The zero-order valence-electron chi connectivity index (χ0n) is 12.5. The number of fused-ring (bicyclic) bond motifs is 1. The van der Waals surface area contributed by atoms with Crippen LogP contribution in [0, 0.1) is 11.8 Å². The van der Waals surface area contributed by atoms with Gasteiger partial charge in [0.25, 0.3) is 0 Å². The summed E-state index contributed by atoms with van der Waals surface area (Å²) in [6, 6.07) is 19.5. The number of hydrogen-bond donors (Lipinski definition) is 1. The molecule has 0 saturated heterocycles. The molecule has 2 heteroatoms. The minimum Gasteiger partial charge on any atom is -0.372 e. The summed E-state index contributed by atoms with van der Waals surface area (Å²) in [5.41, 5.74) is 0.252. The Balaban J connectivity index is 2.11. The van der Waals surface area contributed by atoms with E-state index in [2.05, 4.69) is 16.8 Å². The summed E-state index contributed by atoms with van der Waals surface area (Å²) < 4.78 is 0. The van der Waals surface area contributed by atoms with Crippen LogP contribution in [0.3, 0.4) is 0 Å². The van der Waals surface area contributed by atoms with Crippen LogP contribution in [0.4, 0.5) is 0 Å². The molecular weight excluding hydrogens is 270 g/mol. The van der Waals surface area contributed by atoms with Gasteiger partial charge in [-0.3, -0.25) is 4.98 Å². The standard InChI is InChI=1S/C20H17NO/c1-2-20(22,14-12-16-8-4-3-5-9-16)19-18-11-7-6-10-17(18)13-15-21-19/h3-11,13,15,22H,2H2,1H3/t20-/m0/s1. The van der Waals surface area contributed by atoms with Crippen LogP contribution in [0.2, 0.25) is 0 Å². The maximum atomic E-state index is 11.0. The first-order valence-electron chi connectivity index (χ1n) is 7.38. The summed E-state index contributed by atoms with van der Waals surface area (Å²) in [5.74, 6) is 6.07. The van der Waals surface area contributed by atoms with Crippen molar-refractivity contribution in [1.29, 1.82) is 0 Å². The molecule has 3 aromatic rings. The quantitative estimate of drug-likeness (QED) is 0.725. The number of hydrogen-bond acceptors (Lipinski definition) is 2. The fraction of sp³-hybridized carbons (Fsp3) is 0.150. The summed E-state index contributed by atoms with van der Waals surface area (Å²) in [6.07, 6.45) is 2.20. The van der Waals surface area contributed by atoms with Crippen LogP contribution in [-0.2, 0) is 5.60 Å². The molecule has 0 aliphatic rings. The van der Waals surface area contributed by atoms with Gasteiger partial charge in [0.05, 0.1) is 5.69 Å². The third-order valence-corrected chi connectivity index (χ3v) is 3.76. The van der Waals surface area contributed by atoms with E-state index in [-0.39, 0.29) is 0 Å². The fourth-order valence-corrected chi connectivity index (χ4v) is 2.46. The van der Waals surface area contributed by atoms with Gasteiger partial charge in [-0.15, -0.1) is 0 Å². The molecule has 0 aliphatic carbocycles. The summed E-state index contributed by atoms with van der Waals surface area (Å²) >= 11 is 0. The van der Waals surface area contributed by atoms with Gasteiger partial charge in [0, 0.05) is 17.1 Å². The molecule has 1 atom stereocenters. The Labute approximate surface area is 130 Å². The van der Waals surface area contributed by atoms with E-state index >= 15 is 0 Å². The van der Waals surface area contributed by atoms with E-state index < -0.39 is 5.60 Å². The van der Waals surface area contributed by atoms with E-state index in [0.717, 1.165) is 16.3 Å². The first-order valence-corrected chi connectivity index (χ1v) is 7.38. The molecule has 1 N–H and O–H groups in total. The molecule has 3 rings (SSSR count). The van der Waals surface area contributed by atoms with Crippen LogP contribution in [0.5, 0.6) is 0 Å². The van der Waals surface area contributed by atoms with E-state index in [9.17, 15) is 5.11 Å². The van der Waals surface area contributed by atoms with Gasteiger partial charge in [0.15, 0.2) is 5.60 Å². The van der Waals surface area contributed by atoms with Crippen molar-refractivity contribution in [3.63, 3.8) is 0 Å². The highest BCUT2D eigenvalue weighted by atomic mass is 16.3. The smallest absolute Gasteiger partial charge is 0.168 e. The second-order valence-corrected chi connectivity index (χ2v) is 5.21. The van der Waals surface area contributed by atoms with Crippen LogP contribution in [0.25, 0.3) is 10.8 Å². The van der Waals surface area contributed by atoms with Crippen LogP contribution in [0.15, 0.2) is 66.9 Å². The van der Waals surface area contributed by atoms with Gasteiger partial charge in [0.1, 0.15) is 0 Å². The number of pyridine rings is 1. The van der Waals surface area contributed by atoms with E-state index in [1.807, 2.05) is 67.6 Å². The lowest BCUT2D eigenvalue weighted by Gasteiger charge is -2.21. The topological polar surface area (TPSA) is 33.1 Å². The Morgan fingerprint density at radius 1 is 1.00 bits per heavy atom. The lowest BCUT2D eigenvalue weighted by atomic mass is 9.92. The summed E-state index contributed by atoms with van der Waals surface area (Å²) in [5, 5.41) is 13.0. The largest absolute Gasteiger partial charge is 0.372 e. The SMILES string of the molecule is CC[C@](O)(C#Cc1ccccc1)c1nccc2ccccc12. The minimum absolute atomic E-state index is 0.480. The van der Waals surface area contributed by atoms with Crippen molar-refractivity contribution in [3.05, 3.63) is 78.1 Å². The molecule has 0 bridgehead atoms.